The molecule has 6 nitrogen and oxygen atoms in total. The molecule has 0 saturated carbocycles. The van der Waals surface area contributed by atoms with Gasteiger partial charge < -0.3 is 5.11 Å². The van der Waals surface area contributed by atoms with Gasteiger partial charge in [0.15, 0.2) is 5.82 Å². The molecular weight excluding hydrogens is 528 g/mol. The van der Waals surface area contributed by atoms with Crippen LogP contribution in [0.4, 0.5) is 19.0 Å². The van der Waals surface area contributed by atoms with Crippen LogP contribution in [0.25, 0.3) is 0 Å². The minimum absolute atomic E-state index is 0.0781. The Morgan fingerprint density at radius 2 is 1.64 bits per heavy atom. The van der Waals surface area contributed by atoms with Crippen molar-refractivity contribution in [2.45, 2.75) is 17.6 Å². The molecule has 1 aromatic heterocycles. The first kappa shape index (κ1) is 25.1. The highest BCUT2D eigenvalue weighted by Gasteiger charge is 2.36. The van der Waals surface area contributed by atoms with Gasteiger partial charge in [0.05, 0.1) is 32.6 Å². The lowest BCUT2D eigenvalue weighted by Gasteiger charge is -2.26. The number of carboxylic acids is 1. The lowest BCUT2D eigenvalue weighted by atomic mass is 10.1. The summed E-state index contributed by atoms with van der Waals surface area (Å²) in [5.74, 6) is -1.65. The number of carbonyl (C=O) groups is 1. The van der Waals surface area contributed by atoms with E-state index in [1.54, 1.807) is 0 Å². The summed E-state index contributed by atoms with van der Waals surface area (Å²) >= 11 is 17.7. The molecule has 3 rings (SSSR count). The summed E-state index contributed by atoms with van der Waals surface area (Å²) in [6.45, 7) is -0.802. The molecule has 3 aromatic rings. The summed E-state index contributed by atoms with van der Waals surface area (Å²) in [4.78, 5) is 14.6. The first-order valence-corrected chi connectivity index (χ1v) is 11.4. The number of sulfonamides is 1. The van der Waals surface area contributed by atoms with Gasteiger partial charge in [-0.3, -0.25) is 0 Å². The van der Waals surface area contributed by atoms with Crippen LogP contribution in [-0.4, -0.2) is 24.5 Å². The molecule has 0 fully saturated rings. The van der Waals surface area contributed by atoms with Gasteiger partial charge in [-0.2, -0.15) is 13.2 Å². The minimum atomic E-state index is -4.82. The molecule has 174 valence electrons. The number of pyridine rings is 1. The van der Waals surface area contributed by atoms with Gasteiger partial charge in [-0.15, -0.1) is 0 Å². The van der Waals surface area contributed by atoms with Gasteiger partial charge >= 0.3 is 12.1 Å². The van der Waals surface area contributed by atoms with Crippen molar-refractivity contribution in [2.75, 3.05) is 4.31 Å². The van der Waals surface area contributed by atoms with Crippen molar-refractivity contribution in [1.82, 2.24) is 4.98 Å². The maximum absolute atomic E-state index is 13.6. The number of hydrogen-bond acceptors (Lipinski definition) is 4. The molecule has 0 aliphatic heterocycles. The van der Waals surface area contributed by atoms with Crippen molar-refractivity contribution in [2.24, 2.45) is 0 Å². The van der Waals surface area contributed by atoms with E-state index in [-0.39, 0.29) is 31.3 Å². The van der Waals surface area contributed by atoms with E-state index in [1.807, 2.05) is 0 Å². The standard InChI is InChI=1S/C20H12Cl3F3N2O4S/c21-13-4-1-12(16(7-13)20(24,25)26)10-28(18-17(23)8-14(22)9-27-18)33(31,32)15-5-2-11(3-6-15)19(29)30/h1-9H,10H2,(H,29,30). The highest BCUT2D eigenvalue weighted by Crippen LogP contribution is 2.37. The maximum Gasteiger partial charge on any atom is 0.416 e. The summed E-state index contributed by atoms with van der Waals surface area (Å²) in [5.41, 5.74) is -1.73. The fourth-order valence-corrected chi connectivity index (χ4v) is 4.99. The molecule has 0 amide bonds. The number of anilines is 1. The fraction of sp³-hybridized carbons (Fsp3) is 0.100. The van der Waals surface area contributed by atoms with E-state index >= 15 is 0 Å². The average molecular weight is 540 g/mol. The zero-order valence-electron chi connectivity index (χ0n) is 16.1. The second kappa shape index (κ2) is 9.38. The number of carboxylic acid groups (broad SMARTS) is 1. The van der Waals surface area contributed by atoms with Gasteiger partial charge in [0.2, 0.25) is 0 Å². The lowest BCUT2D eigenvalue weighted by molar-refractivity contribution is -0.138. The van der Waals surface area contributed by atoms with Crippen LogP contribution >= 0.6 is 34.8 Å². The Kier molecular flexibility index (Phi) is 7.13. The van der Waals surface area contributed by atoms with E-state index < -0.39 is 39.8 Å². The van der Waals surface area contributed by atoms with Crippen LogP contribution in [0.3, 0.4) is 0 Å². The summed E-state index contributed by atoms with van der Waals surface area (Å²) in [7, 11) is -4.55. The number of nitrogens with zero attached hydrogens (tertiary/aromatic N) is 2. The Hall–Kier alpha value is -2.53. The minimum Gasteiger partial charge on any atom is -0.478 e. The van der Waals surface area contributed by atoms with E-state index in [1.165, 1.54) is 12.1 Å². The highest BCUT2D eigenvalue weighted by molar-refractivity contribution is 7.92. The van der Waals surface area contributed by atoms with Gasteiger partial charge in [-0.1, -0.05) is 40.9 Å². The third-order valence-corrected chi connectivity index (χ3v) is 6.88. The van der Waals surface area contributed by atoms with Crippen molar-refractivity contribution in [1.29, 1.82) is 0 Å². The quantitative estimate of drug-likeness (QED) is 0.406. The Morgan fingerprint density at radius 1 is 1.00 bits per heavy atom. The molecule has 33 heavy (non-hydrogen) atoms. The topological polar surface area (TPSA) is 87.6 Å². The molecule has 1 heterocycles. The molecule has 0 radical (unpaired) electrons. The van der Waals surface area contributed by atoms with Crippen LogP contribution in [0.15, 0.2) is 59.6 Å². The van der Waals surface area contributed by atoms with Gasteiger partial charge in [-0.05, 0) is 48.0 Å². The Morgan fingerprint density at radius 3 is 2.18 bits per heavy atom. The molecule has 2 aromatic carbocycles. The predicted octanol–water partition coefficient (Wildman–Crippen LogP) is 6.15. The summed E-state index contributed by atoms with van der Waals surface area (Å²) in [5, 5.41) is 8.70. The van der Waals surface area contributed by atoms with Crippen LogP contribution in [0, 0.1) is 0 Å². The van der Waals surface area contributed by atoms with E-state index in [4.69, 9.17) is 39.9 Å². The largest absolute Gasteiger partial charge is 0.478 e. The van der Waals surface area contributed by atoms with Crippen LogP contribution < -0.4 is 4.31 Å². The predicted molar refractivity (Wildman–Crippen MR) is 117 cm³/mol. The highest BCUT2D eigenvalue weighted by atomic mass is 35.5. The van der Waals surface area contributed by atoms with E-state index in [9.17, 15) is 26.4 Å². The Bertz CT molecular complexity index is 1320. The van der Waals surface area contributed by atoms with Crippen molar-refractivity contribution in [3.63, 3.8) is 0 Å². The van der Waals surface area contributed by atoms with Crippen LogP contribution in [0.2, 0.25) is 15.1 Å². The molecular formula is C20H12Cl3F3N2O4S. The van der Waals surface area contributed by atoms with Crippen molar-refractivity contribution in [3.8, 4) is 0 Å². The molecule has 0 aliphatic carbocycles. The van der Waals surface area contributed by atoms with E-state index in [0.717, 1.165) is 36.5 Å². The Balaban J connectivity index is 2.19. The normalized spacial score (nSPS) is 11.9. The number of aromatic nitrogens is 1. The van der Waals surface area contributed by atoms with Crippen LogP contribution in [-0.2, 0) is 22.7 Å². The summed E-state index contributed by atoms with van der Waals surface area (Å²) < 4.78 is 68.3. The van der Waals surface area contributed by atoms with Gasteiger partial charge in [0, 0.05) is 11.2 Å². The zero-order valence-corrected chi connectivity index (χ0v) is 19.2. The molecule has 0 bridgehead atoms. The molecule has 0 unspecified atom stereocenters. The molecule has 0 aliphatic rings. The Labute approximate surface area is 201 Å². The van der Waals surface area contributed by atoms with Crippen molar-refractivity contribution < 1.29 is 31.5 Å². The SMILES string of the molecule is O=C(O)c1ccc(S(=O)(=O)N(Cc2ccc(Cl)cc2C(F)(F)F)c2ncc(Cl)cc2Cl)cc1. The maximum atomic E-state index is 13.6. The first-order chi connectivity index (χ1) is 15.3. The van der Waals surface area contributed by atoms with E-state index in [0.29, 0.717) is 10.4 Å². The molecule has 1 N–H and O–H groups in total. The fourth-order valence-electron chi connectivity index (χ4n) is 2.87. The van der Waals surface area contributed by atoms with E-state index in [2.05, 4.69) is 4.98 Å². The number of rotatable bonds is 6. The van der Waals surface area contributed by atoms with Crippen molar-refractivity contribution >= 4 is 56.6 Å². The van der Waals surface area contributed by atoms with Gasteiger partial charge in [-0.25, -0.2) is 22.5 Å². The van der Waals surface area contributed by atoms with Crippen LogP contribution in [0.1, 0.15) is 21.5 Å². The molecule has 0 saturated heterocycles. The first-order valence-electron chi connectivity index (χ1n) is 8.83. The monoisotopic (exact) mass is 538 g/mol. The third-order valence-electron chi connectivity index (χ3n) is 4.41. The van der Waals surface area contributed by atoms with Crippen molar-refractivity contribution in [3.05, 3.63) is 86.5 Å². The van der Waals surface area contributed by atoms with Crippen LogP contribution in [0.5, 0.6) is 0 Å². The number of halogens is 6. The number of benzene rings is 2. The average Bonchev–Trinajstić information content (AvgIpc) is 2.72. The molecule has 13 heteroatoms. The second-order valence-electron chi connectivity index (χ2n) is 6.60. The van der Waals surface area contributed by atoms with Gasteiger partial charge in [0.25, 0.3) is 10.0 Å². The summed E-state index contributed by atoms with van der Waals surface area (Å²) in [6, 6.07) is 8.24. The third kappa shape index (κ3) is 5.52. The lowest BCUT2D eigenvalue weighted by Crippen LogP contribution is -2.32. The summed E-state index contributed by atoms with van der Waals surface area (Å²) in [6.07, 6.45) is -3.73. The number of aromatic carboxylic acids is 1. The smallest absolute Gasteiger partial charge is 0.416 e. The zero-order chi connectivity index (χ0) is 24.6. The molecule has 0 atom stereocenters. The van der Waals surface area contributed by atoms with Gasteiger partial charge in [0.1, 0.15) is 0 Å². The second-order valence-corrected chi connectivity index (χ2v) is 9.74. The number of alkyl halides is 3. The molecule has 0 spiro atoms. The number of hydrogen-bond donors (Lipinski definition) is 1.